The lowest BCUT2D eigenvalue weighted by molar-refractivity contribution is -0.138. The summed E-state index contributed by atoms with van der Waals surface area (Å²) in [5.74, 6) is -0.965. The fourth-order valence-electron chi connectivity index (χ4n) is 2.13. The molecular formula is C13H15NO3. The number of aryl methyl sites for hydroxylation is 1. The monoisotopic (exact) mass is 233 g/mol. The highest BCUT2D eigenvalue weighted by molar-refractivity contribution is 5.86. The van der Waals surface area contributed by atoms with E-state index in [-0.39, 0.29) is 24.3 Å². The lowest BCUT2D eigenvalue weighted by atomic mass is 10.0. The Morgan fingerprint density at radius 3 is 2.76 bits per heavy atom. The molecule has 0 unspecified atom stereocenters. The van der Waals surface area contributed by atoms with Crippen molar-refractivity contribution in [3.05, 3.63) is 35.4 Å². The van der Waals surface area contributed by atoms with Crippen molar-refractivity contribution in [3.63, 3.8) is 0 Å². The Morgan fingerprint density at radius 2 is 2.12 bits per heavy atom. The van der Waals surface area contributed by atoms with Gasteiger partial charge in [0, 0.05) is 5.92 Å². The van der Waals surface area contributed by atoms with Crippen LogP contribution in [0.3, 0.4) is 0 Å². The van der Waals surface area contributed by atoms with Crippen molar-refractivity contribution >= 4 is 11.9 Å². The number of benzene rings is 1. The summed E-state index contributed by atoms with van der Waals surface area (Å²) in [6, 6.07) is 8.00. The van der Waals surface area contributed by atoms with Crippen molar-refractivity contribution in [2.45, 2.75) is 19.3 Å². The number of carboxylic acid groups (broad SMARTS) is 1. The first kappa shape index (κ1) is 11.6. The molecule has 4 heteroatoms. The molecule has 2 N–H and O–H groups in total. The number of carbonyl (C=O) groups excluding carboxylic acids is 1. The van der Waals surface area contributed by atoms with Gasteiger partial charge in [-0.05, 0) is 30.4 Å². The lowest BCUT2D eigenvalue weighted by Crippen LogP contribution is -2.30. The molecule has 0 saturated heterocycles. The van der Waals surface area contributed by atoms with Crippen LogP contribution in [0.1, 0.15) is 23.5 Å². The second-order valence-corrected chi connectivity index (χ2v) is 4.42. The highest BCUT2D eigenvalue weighted by atomic mass is 16.4. The van der Waals surface area contributed by atoms with E-state index in [1.165, 1.54) is 11.1 Å². The molecule has 0 aromatic heterocycles. The van der Waals surface area contributed by atoms with Crippen LogP contribution in [-0.4, -0.2) is 23.5 Å². The summed E-state index contributed by atoms with van der Waals surface area (Å²) in [6.45, 7) is 1.73. The minimum Gasteiger partial charge on any atom is -0.480 e. The standard InChI is InChI=1S/C13H15NO3/c1-8-4-2-3-5-9(8)10-6-11(10)13(17)14-7-12(15)16/h2-5,10-11H,6-7H2,1H3,(H,14,17)(H,15,16)/t10-,11-/m0/s1. The number of carbonyl (C=O) groups is 2. The molecule has 0 heterocycles. The zero-order valence-electron chi connectivity index (χ0n) is 9.64. The number of aliphatic carboxylic acids is 1. The third-order valence-corrected chi connectivity index (χ3v) is 3.13. The van der Waals surface area contributed by atoms with Gasteiger partial charge >= 0.3 is 5.97 Å². The Hall–Kier alpha value is -1.84. The van der Waals surface area contributed by atoms with E-state index < -0.39 is 5.97 Å². The second-order valence-electron chi connectivity index (χ2n) is 4.42. The minimum absolute atomic E-state index is 0.0598. The summed E-state index contributed by atoms with van der Waals surface area (Å²) in [5, 5.41) is 10.9. The van der Waals surface area contributed by atoms with E-state index >= 15 is 0 Å². The fourth-order valence-corrected chi connectivity index (χ4v) is 2.13. The number of hydrogen-bond donors (Lipinski definition) is 2. The molecule has 1 fully saturated rings. The van der Waals surface area contributed by atoms with Crippen molar-refractivity contribution in [2.24, 2.45) is 5.92 Å². The van der Waals surface area contributed by atoms with Crippen LogP contribution in [0, 0.1) is 12.8 Å². The maximum Gasteiger partial charge on any atom is 0.322 e. The molecule has 1 aromatic rings. The Kier molecular flexibility index (Phi) is 3.13. The molecule has 0 aliphatic heterocycles. The van der Waals surface area contributed by atoms with Crippen LogP contribution in [0.4, 0.5) is 0 Å². The summed E-state index contributed by atoms with van der Waals surface area (Å²) in [4.78, 5) is 22.0. The highest BCUT2D eigenvalue weighted by Crippen LogP contribution is 2.48. The third kappa shape index (κ3) is 2.64. The summed E-state index contributed by atoms with van der Waals surface area (Å²) >= 11 is 0. The predicted octanol–water partition coefficient (Wildman–Crippen LogP) is 1.30. The molecule has 90 valence electrons. The van der Waals surface area contributed by atoms with Gasteiger partial charge in [-0.25, -0.2) is 0 Å². The van der Waals surface area contributed by atoms with E-state index in [9.17, 15) is 9.59 Å². The fraction of sp³-hybridized carbons (Fsp3) is 0.385. The molecule has 0 spiro atoms. The average Bonchev–Trinajstić information content (AvgIpc) is 3.06. The number of rotatable bonds is 4. The molecule has 1 aromatic carbocycles. The molecule has 0 radical (unpaired) electrons. The van der Waals surface area contributed by atoms with Gasteiger partial charge in [0.2, 0.25) is 5.91 Å². The van der Waals surface area contributed by atoms with Gasteiger partial charge in [0.05, 0.1) is 0 Å². The number of hydrogen-bond acceptors (Lipinski definition) is 2. The summed E-state index contributed by atoms with van der Waals surface area (Å²) in [5.41, 5.74) is 2.38. The first-order chi connectivity index (χ1) is 8.09. The lowest BCUT2D eigenvalue weighted by Gasteiger charge is -2.04. The van der Waals surface area contributed by atoms with Crippen LogP contribution >= 0.6 is 0 Å². The van der Waals surface area contributed by atoms with Gasteiger partial charge in [-0.1, -0.05) is 24.3 Å². The van der Waals surface area contributed by atoms with E-state index in [1.54, 1.807) is 0 Å². The first-order valence-electron chi connectivity index (χ1n) is 5.64. The van der Waals surface area contributed by atoms with Crippen LogP contribution in [0.5, 0.6) is 0 Å². The SMILES string of the molecule is Cc1ccccc1[C@@H]1C[C@@H]1C(=O)NCC(=O)O. The zero-order chi connectivity index (χ0) is 12.4. The summed E-state index contributed by atoms with van der Waals surface area (Å²) in [7, 11) is 0. The second kappa shape index (κ2) is 4.57. The molecule has 2 rings (SSSR count). The van der Waals surface area contributed by atoms with Gasteiger partial charge in [0.15, 0.2) is 0 Å². The van der Waals surface area contributed by atoms with Crippen molar-refractivity contribution in [1.82, 2.24) is 5.32 Å². The maximum absolute atomic E-state index is 11.6. The van der Waals surface area contributed by atoms with Crippen LogP contribution in [0.25, 0.3) is 0 Å². The van der Waals surface area contributed by atoms with E-state index in [0.717, 1.165) is 6.42 Å². The smallest absolute Gasteiger partial charge is 0.322 e. The van der Waals surface area contributed by atoms with Crippen molar-refractivity contribution in [1.29, 1.82) is 0 Å². The van der Waals surface area contributed by atoms with Gasteiger partial charge < -0.3 is 10.4 Å². The molecule has 1 saturated carbocycles. The number of amides is 1. The Balaban J connectivity index is 1.94. The third-order valence-electron chi connectivity index (χ3n) is 3.13. The Morgan fingerprint density at radius 1 is 1.41 bits per heavy atom. The summed E-state index contributed by atoms with van der Waals surface area (Å²) in [6.07, 6.45) is 0.816. The van der Waals surface area contributed by atoms with E-state index in [0.29, 0.717) is 0 Å². The number of carboxylic acids is 1. The van der Waals surface area contributed by atoms with Crippen molar-refractivity contribution < 1.29 is 14.7 Å². The molecule has 4 nitrogen and oxygen atoms in total. The van der Waals surface area contributed by atoms with Crippen LogP contribution < -0.4 is 5.32 Å². The molecule has 1 aliphatic carbocycles. The number of nitrogens with one attached hydrogen (secondary N) is 1. The van der Waals surface area contributed by atoms with Crippen LogP contribution in [-0.2, 0) is 9.59 Å². The Bertz CT molecular complexity index is 456. The predicted molar refractivity (Wildman–Crippen MR) is 62.7 cm³/mol. The molecule has 1 amide bonds. The van der Waals surface area contributed by atoms with Crippen LogP contribution in [0.2, 0.25) is 0 Å². The average molecular weight is 233 g/mol. The van der Waals surface area contributed by atoms with E-state index in [1.807, 2.05) is 31.2 Å². The zero-order valence-corrected chi connectivity index (χ0v) is 9.64. The minimum atomic E-state index is -1.01. The van der Waals surface area contributed by atoms with Gasteiger partial charge in [0.25, 0.3) is 0 Å². The molecule has 2 atom stereocenters. The van der Waals surface area contributed by atoms with Gasteiger partial charge in [-0.15, -0.1) is 0 Å². The summed E-state index contributed by atoms with van der Waals surface area (Å²) < 4.78 is 0. The first-order valence-corrected chi connectivity index (χ1v) is 5.64. The van der Waals surface area contributed by atoms with Gasteiger partial charge in [-0.2, -0.15) is 0 Å². The van der Waals surface area contributed by atoms with E-state index in [4.69, 9.17) is 5.11 Å². The normalized spacial score (nSPS) is 21.9. The van der Waals surface area contributed by atoms with Crippen molar-refractivity contribution in [2.75, 3.05) is 6.54 Å². The molecular weight excluding hydrogens is 218 g/mol. The van der Waals surface area contributed by atoms with Gasteiger partial charge in [0.1, 0.15) is 6.54 Å². The van der Waals surface area contributed by atoms with Gasteiger partial charge in [-0.3, -0.25) is 9.59 Å². The molecule has 0 bridgehead atoms. The largest absolute Gasteiger partial charge is 0.480 e. The Labute approximate surface area is 99.6 Å². The maximum atomic E-state index is 11.6. The van der Waals surface area contributed by atoms with Crippen LogP contribution in [0.15, 0.2) is 24.3 Å². The highest BCUT2D eigenvalue weighted by Gasteiger charge is 2.44. The van der Waals surface area contributed by atoms with E-state index in [2.05, 4.69) is 5.32 Å². The van der Waals surface area contributed by atoms with Crippen molar-refractivity contribution in [3.8, 4) is 0 Å². The topological polar surface area (TPSA) is 66.4 Å². The molecule has 1 aliphatic rings. The quantitative estimate of drug-likeness (QED) is 0.823. The molecule has 17 heavy (non-hydrogen) atoms.